The number of amides is 3. The normalized spacial score (nSPS) is 10.2. The van der Waals surface area contributed by atoms with Crippen molar-refractivity contribution in [2.24, 2.45) is 0 Å². The van der Waals surface area contributed by atoms with Crippen LogP contribution in [0.4, 0.5) is 5.69 Å². The van der Waals surface area contributed by atoms with Crippen molar-refractivity contribution in [3.05, 3.63) is 83.8 Å². The van der Waals surface area contributed by atoms with Crippen LogP contribution < -0.4 is 20.9 Å². The van der Waals surface area contributed by atoms with E-state index in [4.69, 9.17) is 9.15 Å². The maximum Gasteiger partial charge on any atom is 0.305 e. The van der Waals surface area contributed by atoms with Crippen molar-refractivity contribution >= 4 is 23.4 Å². The van der Waals surface area contributed by atoms with E-state index in [1.807, 2.05) is 30.3 Å². The van der Waals surface area contributed by atoms with Crippen LogP contribution >= 0.6 is 0 Å². The average molecular weight is 407 g/mol. The molecule has 0 bridgehead atoms. The Morgan fingerprint density at radius 1 is 0.900 bits per heavy atom. The first-order valence-electron chi connectivity index (χ1n) is 9.22. The van der Waals surface area contributed by atoms with E-state index in [9.17, 15) is 14.4 Å². The van der Waals surface area contributed by atoms with Gasteiger partial charge in [-0.15, -0.1) is 0 Å². The highest BCUT2D eigenvalue weighted by molar-refractivity contribution is 5.93. The molecule has 0 unspecified atom stereocenters. The quantitative estimate of drug-likeness (QED) is 0.522. The summed E-state index contributed by atoms with van der Waals surface area (Å²) in [5, 5.41) is 2.65. The van der Waals surface area contributed by atoms with Gasteiger partial charge in [0.2, 0.25) is 11.8 Å². The van der Waals surface area contributed by atoms with Gasteiger partial charge in [0.05, 0.1) is 6.42 Å². The molecule has 0 radical (unpaired) electrons. The van der Waals surface area contributed by atoms with E-state index in [1.165, 1.54) is 13.0 Å². The van der Waals surface area contributed by atoms with Crippen LogP contribution in [0.15, 0.2) is 71.1 Å². The van der Waals surface area contributed by atoms with Gasteiger partial charge in [0.1, 0.15) is 18.1 Å². The van der Waals surface area contributed by atoms with E-state index in [-0.39, 0.29) is 24.7 Å². The second-order valence-corrected chi connectivity index (χ2v) is 6.42. The number of ether oxygens (including phenoxy) is 1. The molecule has 0 aliphatic rings. The molecular formula is C22H21N3O5. The minimum absolute atomic E-state index is 0.0571. The van der Waals surface area contributed by atoms with Crippen LogP contribution in [0, 0.1) is 0 Å². The first-order valence-corrected chi connectivity index (χ1v) is 9.22. The Hall–Kier alpha value is -4.07. The van der Waals surface area contributed by atoms with E-state index in [0.717, 1.165) is 5.56 Å². The minimum atomic E-state index is -0.574. The molecule has 3 aromatic rings. The predicted molar refractivity (Wildman–Crippen MR) is 110 cm³/mol. The molecule has 154 valence electrons. The Morgan fingerprint density at radius 3 is 2.33 bits per heavy atom. The summed E-state index contributed by atoms with van der Waals surface area (Å²) in [5.74, 6) is 0.0922. The summed E-state index contributed by atoms with van der Waals surface area (Å²) >= 11 is 0. The van der Waals surface area contributed by atoms with E-state index < -0.39 is 11.8 Å². The van der Waals surface area contributed by atoms with Crippen LogP contribution in [0.5, 0.6) is 5.75 Å². The van der Waals surface area contributed by atoms with Crippen LogP contribution in [-0.4, -0.2) is 17.7 Å². The lowest BCUT2D eigenvalue weighted by Gasteiger charge is -2.07. The standard InChI is InChI=1S/C22H21N3O5/c1-15(26)23-17-9-7-16(8-10-17)13-21(27)24-25-22(28)20-12-11-19(30-20)14-29-18-5-3-2-4-6-18/h2-12H,13-14H2,1H3,(H,23,26)(H,24,27)(H,25,28). The number of carbonyl (C=O) groups excluding carboxylic acids is 3. The van der Waals surface area contributed by atoms with Crippen LogP contribution in [0.25, 0.3) is 0 Å². The highest BCUT2D eigenvalue weighted by atomic mass is 16.5. The fourth-order valence-corrected chi connectivity index (χ4v) is 2.58. The lowest BCUT2D eigenvalue weighted by molar-refractivity contribution is -0.121. The van der Waals surface area contributed by atoms with Gasteiger partial charge in [-0.3, -0.25) is 25.2 Å². The molecule has 0 spiro atoms. The molecule has 0 aliphatic heterocycles. The number of carbonyl (C=O) groups is 3. The predicted octanol–water partition coefficient (Wildman–Crippen LogP) is 2.82. The van der Waals surface area contributed by atoms with Gasteiger partial charge in [-0.1, -0.05) is 30.3 Å². The molecule has 0 aliphatic carbocycles. The number of furan rings is 1. The molecule has 3 amide bonds. The maximum absolute atomic E-state index is 12.1. The van der Waals surface area contributed by atoms with Crippen molar-refractivity contribution in [3.63, 3.8) is 0 Å². The van der Waals surface area contributed by atoms with E-state index in [1.54, 1.807) is 30.3 Å². The highest BCUT2D eigenvalue weighted by Crippen LogP contribution is 2.14. The number of benzene rings is 2. The molecule has 0 fully saturated rings. The van der Waals surface area contributed by atoms with Gasteiger partial charge in [0, 0.05) is 12.6 Å². The third-order valence-electron chi connectivity index (χ3n) is 3.96. The third kappa shape index (κ3) is 6.23. The number of hydrogen-bond donors (Lipinski definition) is 3. The number of rotatable bonds is 7. The Bertz CT molecular complexity index is 1010. The molecule has 0 saturated carbocycles. The zero-order chi connectivity index (χ0) is 21.3. The SMILES string of the molecule is CC(=O)Nc1ccc(CC(=O)NNC(=O)c2ccc(COc3ccccc3)o2)cc1. The molecule has 1 aromatic heterocycles. The molecule has 3 N–H and O–H groups in total. The van der Waals surface area contributed by atoms with E-state index in [2.05, 4.69) is 16.2 Å². The second-order valence-electron chi connectivity index (χ2n) is 6.42. The molecule has 8 heteroatoms. The molecule has 2 aromatic carbocycles. The summed E-state index contributed by atoms with van der Waals surface area (Å²) in [6.45, 7) is 1.60. The fourth-order valence-electron chi connectivity index (χ4n) is 2.58. The molecule has 30 heavy (non-hydrogen) atoms. The van der Waals surface area contributed by atoms with Gasteiger partial charge < -0.3 is 14.5 Å². The fraction of sp³-hybridized carbons (Fsp3) is 0.136. The van der Waals surface area contributed by atoms with Gasteiger partial charge in [-0.25, -0.2) is 0 Å². The van der Waals surface area contributed by atoms with Gasteiger partial charge in [-0.2, -0.15) is 0 Å². The summed E-state index contributed by atoms with van der Waals surface area (Å²) in [4.78, 5) is 35.2. The summed E-state index contributed by atoms with van der Waals surface area (Å²) in [6, 6.07) is 19.2. The Morgan fingerprint density at radius 2 is 1.63 bits per heavy atom. The molecule has 8 nitrogen and oxygen atoms in total. The lowest BCUT2D eigenvalue weighted by Crippen LogP contribution is -2.42. The number of hydrazine groups is 1. The summed E-state index contributed by atoms with van der Waals surface area (Å²) < 4.78 is 11.0. The number of para-hydroxylation sites is 1. The number of anilines is 1. The maximum atomic E-state index is 12.1. The molecule has 3 rings (SSSR count). The zero-order valence-electron chi connectivity index (χ0n) is 16.3. The number of nitrogens with one attached hydrogen (secondary N) is 3. The highest BCUT2D eigenvalue weighted by Gasteiger charge is 2.13. The van der Waals surface area contributed by atoms with Crippen LogP contribution in [0.3, 0.4) is 0 Å². The molecular weight excluding hydrogens is 386 g/mol. The monoisotopic (exact) mass is 407 g/mol. The summed E-state index contributed by atoms with van der Waals surface area (Å²) in [7, 11) is 0. The average Bonchev–Trinajstić information content (AvgIpc) is 3.21. The zero-order valence-corrected chi connectivity index (χ0v) is 16.3. The van der Waals surface area contributed by atoms with Gasteiger partial charge in [0.15, 0.2) is 5.76 Å². The van der Waals surface area contributed by atoms with Crippen molar-refractivity contribution in [2.45, 2.75) is 20.0 Å². The van der Waals surface area contributed by atoms with Crippen molar-refractivity contribution < 1.29 is 23.5 Å². The number of hydrogen-bond acceptors (Lipinski definition) is 5. The lowest BCUT2D eigenvalue weighted by atomic mass is 10.1. The van der Waals surface area contributed by atoms with Crippen LogP contribution in [0.1, 0.15) is 28.8 Å². The first-order chi connectivity index (χ1) is 14.5. The Labute approximate surface area is 173 Å². The van der Waals surface area contributed by atoms with Crippen LogP contribution in [-0.2, 0) is 22.6 Å². The topological polar surface area (TPSA) is 110 Å². The van der Waals surface area contributed by atoms with Crippen molar-refractivity contribution in [1.82, 2.24) is 10.9 Å². The van der Waals surface area contributed by atoms with Crippen molar-refractivity contribution in [1.29, 1.82) is 0 Å². The van der Waals surface area contributed by atoms with E-state index >= 15 is 0 Å². The van der Waals surface area contributed by atoms with E-state index in [0.29, 0.717) is 17.2 Å². The van der Waals surface area contributed by atoms with Gasteiger partial charge in [-0.05, 0) is 42.0 Å². The van der Waals surface area contributed by atoms with Crippen LogP contribution in [0.2, 0.25) is 0 Å². The second kappa shape index (κ2) is 9.92. The minimum Gasteiger partial charge on any atom is -0.486 e. The van der Waals surface area contributed by atoms with Gasteiger partial charge >= 0.3 is 5.91 Å². The van der Waals surface area contributed by atoms with Crippen molar-refractivity contribution in [3.8, 4) is 5.75 Å². The smallest absolute Gasteiger partial charge is 0.305 e. The molecule has 0 atom stereocenters. The molecule has 1 heterocycles. The Balaban J connectivity index is 1.44. The molecule has 0 saturated heterocycles. The summed E-state index contributed by atoms with van der Waals surface area (Å²) in [5.41, 5.74) is 6.03. The summed E-state index contributed by atoms with van der Waals surface area (Å²) in [6.07, 6.45) is 0.0644. The van der Waals surface area contributed by atoms with Gasteiger partial charge in [0.25, 0.3) is 0 Å². The first kappa shape index (κ1) is 20.7. The third-order valence-corrected chi connectivity index (χ3v) is 3.96. The Kier molecular flexibility index (Phi) is 6.83. The largest absolute Gasteiger partial charge is 0.486 e. The van der Waals surface area contributed by atoms with Crippen molar-refractivity contribution in [2.75, 3.05) is 5.32 Å².